The van der Waals surface area contributed by atoms with E-state index in [1.807, 2.05) is 0 Å². The molecule has 0 bridgehead atoms. The third-order valence-electron chi connectivity index (χ3n) is 11.8. The number of hydrogen-bond donors (Lipinski definition) is 0. The summed E-state index contributed by atoms with van der Waals surface area (Å²) < 4.78 is 2.47. The van der Waals surface area contributed by atoms with Gasteiger partial charge in [-0.05, 0) is 97.5 Å². The van der Waals surface area contributed by atoms with Gasteiger partial charge in [0, 0.05) is 38.8 Å². The van der Waals surface area contributed by atoms with Crippen LogP contribution in [0.5, 0.6) is 0 Å². The molecule has 0 unspecified atom stereocenters. The first-order valence-electron chi connectivity index (χ1n) is 19.4. The van der Waals surface area contributed by atoms with Crippen LogP contribution in [0.4, 0.5) is 17.1 Å². The smallest absolute Gasteiger partial charge is 0.0562 e. The van der Waals surface area contributed by atoms with E-state index in [4.69, 9.17) is 0 Å². The van der Waals surface area contributed by atoms with Crippen LogP contribution >= 0.6 is 0 Å². The Kier molecular flexibility index (Phi) is 6.66. The number of aromatic nitrogens is 1. The molecule has 1 aliphatic rings. The van der Waals surface area contributed by atoms with Crippen molar-refractivity contribution in [2.45, 2.75) is 0 Å². The van der Waals surface area contributed by atoms with Crippen LogP contribution in [0.1, 0.15) is 0 Å². The summed E-state index contributed by atoms with van der Waals surface area (Å²) in [4.78, 5) is 2.50. The minimum absolute atomic E-state index is 1.11. The SMILES string of the molecule is c1ccc(-c2ccccc2-n2c3ccccc3c3ccc(N(c4ccc5ccccc5c4)c4cccc5c4-c4c6ccccc6cc6cccc-5c46)cc32)cc1. The second-order valence-corrected chi connectivity index (χ2v) is 14.9. The third-order valence-corrected chi connectivity index (χ3v) is 11.8. The van der Waals surface area contributed by atoms with Gasteiger partial charge in [-0.2, -0.15) is 0 Å². The average molecular weight is 711 g/mol. The zero-order chi connectivity index (χ0) is 36.7. The molecule has 1 heterocycles. The molecular formula is C54H34N2. The van der Waals surface area contributed by atoms with Gasteiger partial charge in [0.05, 0.1) is 22.4 Å². The van der Waals surface area contributed by atoms with Gasteiger partial charge in [0.15, 0.2) is 0 Å². The van der Waals surface area contributed by atoms with Crippen molar-refractivity contribution in [2.75, 3.05) is 4.90 Å². The molecule has 0 amide bonds. The van der Waals surface area contributed by atoms with Gasteiger partial charge >= 0.3 is 0 Å². The van der Waals surface area contributed by atoms with Gasteiger partial charge in [0.2, 0.25) is 0 Å². The standard InChI is InChI=1S/C54H34N2/c1-2-15-36(16-3-1)42-20-8-10-25-48(42)56-49-26-11-9-22-44(49)45-31-30-41(34-51(45)56)55(40-29-28-35-14-4-5-17-37(35)33-40)50-27-13-24-47-46-23-12-19-39-32-38-18-6-7-21-43(38)54(52(39)46)53(47)50/h1-34H. The topological polar surface area (TPSA) is 8.17 Å². The van der Waals surface area contributed by atoms with Crippen LogP contribution in [0.3, 0.4) is 0 Å². The van der Waals surface area contributed by atoms with E-state index >= 15 is 0 Å². The van der Waals surface area contributed by atoms with Crippen LogP contribution < -0.4 is 4.90 Å². The monoisotopic (exact) mass is 710 g/mol. The predicted octanol–water partition coefficient (Wildman–Crippen LogP) is 15.0. The lowest BCUT2D eigenvalue weighted by atomic mass is 9.94. The molecule has 0 saturated heterocycles. The van der Waals surface area contributed by atoms with Crippen LogP contribution in [-0.2, 0) is 0 Å². The quantitative estimate of drug-likeness (QED) is 0.161. The van der Waals surface area contributed by atoms with Gasteiger partial charge in [0.1, 0.15) is 0 Å². The lowest BCUT2D eigenvalue weighted by Gasteiger charge is -2.29. The maximum absolute atomic E-state index is 2.50. The van der Waals surface area contributed by atoms with Gasteiger partial charge in [-0.1, -0.05) is 158 Å². The van der Waals surface area contributed by atoms with Crippen molar-refractivity contribution in [3.05, 3.63) is 206 Å². The highest BCUT2D eigenvalue weighted by molar-refractivity contribution is 6.26. The van der Waals surface area contributed by atoms with E-state index in [2.05, 4.69) is 216 Å². The molecule has 12 rings (SSSR count). The van der Waals surface area contributed by atoms with Gasteiger partial charge in [-0.15, -0.1) is 0 Å². The normalized spacial score (nSPS) is 11.9. The highest BCUT2D eigenvalue weighted by atomic mass is 15.1. The fraction of sp³-hybridized carbons (Fsp3) is 0. The molecule has 10 aromatic carbocycles. The van der Waals surface area contributed by atoms with Crippen LogP contribution in [0.15, 0.2) is 206 Å². The van der Waals surface area contributed by atoms with Crippen molar-refractivity contribution in [1.29, 1.82) is 0 Å². The number of benzene rings is 10. The zero-order valence-electron chi connectivity index (χ0n) is 30.5. The molecule has 0 spiro atoms. The molecule has 0 aliphatic heterocycles. The Morgan fingerprint density at radius 3 is 1.89 bits per heavy atom. The van der Waals surface area contributed by atoms with Crippen LogP contribution in [-0.4, -0.2) is 4.57 Å². The zero-order valence-corrected chi connectivity index (χ0v) is 30.5. The van der Waals surface area contributed by atoms with E-state index in [1.165, 1.54) is 93.2 Å². The highest BCUT2D eigenvalue weighted by Crippen LogP contribution is 2.56. The Bertz CT molecular complexity index is 3370. The number of nitrogens with zero attached hydrogens (tertiary/aromatic N) is 2. The van der Waals surface area contributed by atoms with E-state index < -0.39 is 0 Å². The fourth-order valence-corrected chi connectivity index (χ4v) is 9.45. The average Bonchev–Trinajstić information content (AvgIpc) is 3.78. The van der Waals surface area contributed by atoms with Gasteiger partial charge in [-0.25, -0.2) is 0 Å². The van der Waals surface area contributed by atoms with Crippen molar-refractivity contribution < 1.29 is 0 Å². The number of rotatable bonds is 5. The van der Waals surface area contributed by atoms with Gasteiger partial charge < -0.3 is 9.47 Å². The summed E-state index contributed by atoms with van der Waals surface area (Å²) in [6.45, 7) is 0. The number of para-hydroxylation sites is 2. The van der Waals surface area contributed by atoms with Crippen molar-refractivity contribution in [2.24, 2.45) is 0 Å². The Labute approximate surface area is 324 Å². The first-order chi connectivity index (χ1) is 27.8. The summed E-state index contributed by atoms with van der Waals surface area (Å²) in [6, 6.07) is 75.8. The van der Waals surface area contributed by atoms with E-state index in [0.29, 0.717) is 0 Å². The maximum atomic E-state index is 2.50. The van der Waals surface area contributed by atoms with Crippen LogP contribution in [0, 0.1) is 0 Å². The molecule has 260 valence electrons. The molecule has 0 N–H and O–H groups in total. The van der Waals surface area contributed by atoms with Crippen molar-refractivity contribution in [3.63, 3.8) is 0 Å². The van der Waals surface area contributed by atoms with E-state index in [0.717, 1.165) is 17.1 Å². The fourth-order valence-electron chi connectivity index (χ4n) is 9.45. The summed E-state index contributed by atoms with van der Waals surface area (Å²) in [5, 5.41) is 10.1. The summed E-state index contributed by atoms with van der Waals surface area (Å²) >= 11 is 0. The van der Waals surface area contributed by atoms with E-state index in [9.17, 15) is 0 Å². The molecule has 11 aromatic rings. The molecule has 1 aliphatic carbocycles. The molecular weight excluding hydrogens is 677 g/mol. The Morgan fingerprint density at radius 2 is 0.982 bits per heavy atom. The predicted molar refractivity (Wildman–Crippen MR) is 238 cm³/mol. The van der Waals surface area contributed by atoms with Crippen molar-refractivity contribution >= 4 is 71.2 Å². The summed E-state index contributed by atoms with van der Waals surface area (Å²) in [6.07, 6.45) is 0. The minimum atomic E-state index is 1.11. The van der Waals surface area contributed by atoms with E-state index in [-0.39, 0.29) is 0 Å². The molecule has 0 saturated carbocycles. The van der Waals surface area contributed by atoms with Crippen LogP contribution in [0.2, 0.25) is 0 Å². The second kappa shape index (κ2) is 12.0. The van der Waals surface area contributed by atoms with Crippen LogP contribution in [0.25, 0.3) is 93.2 Å². The summed E-state index contributed by atoms with van der Waals surface area (Å²) in [5.41, 5.74) is 14.5. The Hall–Kier alpha value is -7.42. The van der Waals surface area contributed by atoms with Gasteiger partial charge in [-0.3, -0.25) is 0 Å². The second-order valence-electron chi connectivity index (χ2n) is 14.9. The maximum Gasteiger partial charge on any atom is 0.0562 e. The number of anilines is 3. The molecule has 0 atom stereocenters. The first-order valence-corrected chi connectivity index (χ1v) is 19.4. The Morgan fingerprint density at radius 1 is 0.339 bits per heavy atom. The van der Waals surface area contributed by atoms with Crippen molar-refractivity contribution in [3.8, 4) is 39.1 Å². The Balaban J connectivity index is 1.17. The molecule has 2 nitrogen and oxygen atoms in total. The molecule has 0 radical (unpaired) electrons. The lowest BCUT2D eigenvalue weighted by molar-refractivity contribution is 1.18. The molecule has 2 heteroatoms. The van der Waals surface area contributed by atoms with Gasteiger partial charge in [0.25, 0.3) is 0 Å². The minimum Gasteiger partial charge on any atom is -0.310 e. The molecule has 56 heavy (non-hydrogen) atoms. The molecule has 1 aromatic heterocycles. The van der Waals surface area contributed by atoms with Crippen molar-refractivity contribution in [1.82, 2.24) is 4.57 Å². The van der Waals surface area contributed by atoms with E-state index in [1.54, 1.807) is 0 Å². The summed E-state index contributed by atoms with van der Waals surface area (Å²) in [7, 11) is 0. The number of hydrogen-bond acceptors (Lipinski definition) is 1. The largest absolute Gasteiger partial charge is 0.310 e. The summed E-state index contributed by atoms with van der Waals surface area (Å²) in [5.74, 6) is 0. The third kappa shape index (κ3) is 4.50. The highest BCUT2D eigenvalue weighted by Gasteiger charge is 2.29. The first kappa shape index (κ1) is 31.0. The molecule has 0 fully saturated rings. The lowest BCUT2D eigenvalue weighted by Crippen LogP contribution is -2.11. The number of fused-ring (bicyclic) bond motifs is 9.